The third kappa shape index (κ3) is 3.39. The summed E-state index contributed by atoms with van der Waals surface area (Å²) in [7, 11) is 0. The minimum absolute atomic E-state index is 0.0380. The highest BCUT2D eigenvalue weighted by Crippen LogP contribution is 2.36. The first-order chi connectivity index (χ1) is 12.8. The Kier molecular flexibility index (Phi) is 5.04. The van der Waals surface area contributed by atoms with Gasteiger partial charge in [0.05, 0.1) is 12.0 Å². The molecule has 1 N–H and O–H groups in total. The monoisotopic (exact) mass is 369 g/mol. The molecule has 1 aliphatic heterocycles. The summed E-state index contributed by atoms with van der Waals surface area (Å²) >= 11 is 1.64. The van der Waals surface area contributed by atoms with E-state index in [1.165, 1.54) is 5.56 Å². The molecule has 0 saturated carbocycles. The molecule has 0 radical (unpaired) electrons. The van der Waals surface area contributed by atoms with Gasteiger partial charge in [-0.2, -0.15) is 0 Å². The Balaban J connectivity index is 1.59. The van der Waals surface area contributed by atoms with Crippen LogP contribution in [-0.4, -0.2) is 36.3 Å². The lowest BCUT2D eigenvalue weighted by atomic mass is 9.74. The minimum Gasteiger partial charge on any atom is -0.494 e. The van der Waals surface area contributed by atoms with Gasteiger partial charge in [0.15, 0.2) is 0 Å². The van der Waals surface area contributed by atoms with Crippen molar-refractivity contribution in [2.24, 2.45) is 0 Å². The van der Waals surface area contributed by atoms with Crippen LogP contribution in [0, 0.1) is 0 Å². The van der Waals surface area contributed by atoms with Crippen LogP contribution >= 0.6 is 11.3 Å². The van der Waals surface area contributed by atoms with E-state index < -0.39 is 0 Å². The molecule has 2 aromatic heterocycles. The summed E-state index contributed by atoms with van der Waals surface area (Å²) in [6, 6.07) is 10.6. The zero-order valence-corrected chi connectivity index (χ0v) is 15.7. The lowest BCUT2D eigenvalue weighted by Gasteiger charge is -2.38. The maximum atomic E-state index is 5.64. The number of hydrogen-bond acceptors (Lipinski definition) is 6. The Morgan fingerprint density at radius 2 is 1.96 bits per heavy atom. The predicted octanol–water partition coefficient (Wildman–Crippen LogP) is 4.25. The number of rotatable bonds is 6. The number of aromatic nitrogens is 2. The molecule has 136 valence electrons. The van der Waals surface area contributed by atoms with Crippen LogP contribution in [0.25, 0.3) is 10.2 Å². The quantitative estimate of drug-likeness (QED) is 0.704. The van der Waals surface area contributed by atoms with Crippen LogP contribution in [0.1, 0.15) is 25.3 Å². The van der Waals surface area contributed by atoms with E-state index in [9.17, 15) is 0 Å². The van der Waals surface area contributed by atoms with E-state index in [1.54, 1.807) is 17.7 Å². The number of thiophene rings is 1. The lowest BCUT2D eigenvalue weighted by molar-refractivity contribution is 0.0543. The van der Waals surface area contributed by atoms with Crippen LogP contribution in [0.2, 0.25) is 0 Å². The molecule has 0 aliphatic carbocycles. The van der Waals surface area contributed by atoms with Gasteiger partial charge in [-0.05, 0) is 48.9 Å². The average Bonchev–Trinajstić information content (AvgIpc) is 3.17. The number of benzene rings is 1. The molecular formula is C20H23N3O2S. The summed E-state index contributed by atoms with van der Waals surface area (Å²) < 4.78 is 11.2. The smallest absolute Gasteiger partial charge is 0.138 e. The van der Waals surface area contributed by atoms with Crippen LogP contribution in [0.5, 0.6) is 5.75 Å². The molecule has 0 bridgehead atoms. The molecule has 1 aromatic carbocycles. The summed E-state index contributed by atoms with van der Waals surface area (Å²) in [4.78, 5) is 9.81. The van der Waals surface area contributed by atoms with E-state index >= 15 is 0 Å². The highest BCUT2D eigenvalue weighted by molar-refractivity contribution is 7.16. The number of fused-ring (bicyclic) bond motifs is 1. The third-order valence-electron chi connectivity index (χ3n) is 5.08. The number of anilines is 1. The molecule has 4 rings (SSSR count). The van der Waals surface area contributed by atoms with Gasteiger partial charge < -0.3 is 14.8 Å². The summed E-state index contributed by atoms with van der Waals surface area (Å²) in [6.45, 7) is 5.08. The topological polar surface area (TPSA) is 56.3 Å². The first-order valence-electron chi connectivity index (χ1n) is 9.04. The largest absolute Gasteiger partial charge is 0.494 e. The van der Waals surface area contributed by atoms with Crippen molar-refractivity contribution in [3.8, 4) is 5.75 Å². The van der Waals surface area contributed by atoms with Gasteiger partial charge in [0.1, 0.15) is 22.7 Å². The van der Waals surface area contributed by atoms with E-state index in [0.29, 0.717) is 6.61 Å². The normalized spacial score (nSPS) is 16.5. The number of hydrogen-bond donors (Lipinski definition) is 1. The summed E-state index contributed by atoms with van der Waals surface area (Å²) in [5, 5.41) is 6.74. The molecule has 0 unspecified atom stereocenters. The van der Waals surface area contributed by atoms with Crippen LogP contribution < -0.4 is 10.1 Å². The lowest BCUT2D eigenvalue weighted by Crippen LogP contribution is -2.40. The Hall–Kier alpha value is -2.18. The van der Waals surface area contributed by atoms with E-state index in [0.717, 1.165) is 54.4 Å². The van der Waals surface area contributed by atoms with Crippen LogP contribution in [0.15, 0.2) is 42.0 Å². The van der Waals surface area contributed by atoms with Gasteiger partial charge in [-0.1, -0.05) is 12.1 Å². The van der Waals surface area contributed by atoms with Gasteiger partial charge in [-0.25, -0.2) is 9.97 Å². The molecule has 3 aromatic rings. The Bertz CT molecular complexity index is 857. The van der Waals surface area contributed by atoms with E-state index in [1.807, 2.05) is 6.92 Å². The molecule has 1 fully saturated rings. The van der Waals surface area contributed by atoms with Crippen molar-refractivity contribution in [3.05, 3.63) is 47.6 Å². The molecule has 0 amide bonds. The maximum absolute atomic E-state index is 5.64. The first kappa shape index (κ1) is 17.2. The Morgan fingerprint density at radius 3 is 2.73 bits per heavy atom. The van der Waals surface area contributed by atoms with Crippen LogP contribution in [-0.2, 0) is 10.2 Å². The fraction of sp³-hybridized carbons (Fsp3) is 0.400. The van der Waals surface area contributed by atoms with Crippen molar-refractivity contribution < 1.29 is 9.47 Å². The Morgan fingerprint density at radius 1 is 1.15 bits per heavy atom. The molecular weight excluding hydrogens is 346 g/mol. The molecule has 0 atom stereocenters. The molecule has 1 aliphatic rings. The van der Waals surface area contributed by atoms with Gasteiger partial charge >= 0.3 is 0 Å². The zero-order chi connectivity index (χ0) is 17.8. The summed E-state index contributed by atoms with van der Waals surface area (Å²) in [5.74, 6) is 1.83. The Labute approximate surface area is 157 Å². The van der Waals surface area contributed by atoms with Crippen molar-refractivity contribution in [3.63, 3.8) is 0 Å². The number of nitrogens with zero attached hydrogens (tertiary/aromatic N) is 2. The fourth-order valence-electron chi connectivity index (χ4n) is 3.58. The van der Waals surface area contributed by atoms with Crippen molar-refractivity contribution >= 4 is 27.4 Å². The van der Waals surface area contributed by atoms with E-state index in [4.69, 9.17) is 9.47 Å². The van der Waals surface area contributed by atoms with Crippen molar-refractivity contribution in [2.45, 2.75) is 25.2 Å². The molecule has 0 spiro atoms. The summed E-state index contributed by atoms with van der Waals surface area (Å²) in [5.41, 5.74) is 1.36. The van der Waals surface area contributed by atoms with Gasteiger partial charge in [0.25, 0.3) is 0 Å². The van der Waals surface area contributed by atoms with Gasteiger partial charge in [-0.3, -0.25) is 0 Å². The second-order valence-corrected chi connectivity index (χ2v) is 7.46. The molecule has 1 saturated heterocycles. The summed E-state index contributed by atoms with van der Waals surface area (Å²) in [6.07, 6.45) is 3.62. The fourth-order valence-corrected chi connectivity index (χ4v) is 4.32. The average molecular weight is 369 g/mol. The number of nitrogens with one attached hydrogen (secondary N) is 1. The standard InChI is InChI=1S/C20H23N3O2S/c1-2-25-16-5-3-15(4-6-16)20(8-10-24-11-9-20)13-21-18-17-7-12-26-19(17)23-14-22-18/h3-7,12,14H,2,8-11,13H2,1H3,(H,21,22,23). The minimum atomic E-state index is 0.0380. The highest BCUT2D eigenvalue weighted by Gasteiger charge is 2.34. The number of ether oxygens (including phenoxy) is 2. The van der Waals surface area contributed by atoms with Gasteiger partial charge in [0.2, 0.25) is 0 Å². The first-order valence-corrected chi connectivity index (χ1v) is 9.92. The highest BCUT2D eigenvalue weighted by atomic mass is 32.1. The van der Waals surface area contributed by atoms with Crippen LogP contribution in [0.4, 0.5) is 5.82 Å². The van der Waals surface area contributed by atoms with Crippen molar-refractivity contribution in [2.75, 3.05) is 31.7 Å². The second kappa shape index (κ2) is 7.60. The van der Waals surface area contributed by atoms with Crippen LogP contribution in [0.3, 0.4) is 0 Å². The second-order valence-electron chi connectivity index (χ2n) is 6.57. The van der Waals surface area contributed by atoms with Crippen molar-refractivity contribution in [1.29, 1.82) is 0 Å². The molecule has 3 heterocycles. The van der Waals surface area contributed by atoms with E-state index in [-0.39, 0.29) is 5.41 Å². The molecule has 26 heavy (non-hydrogen) atoms. The van der Waals surface area contributed by atoms with Gasteiger partial charge in [0, 0.05) is 25.2 Å². The maximum Gasteiger partial charge on any atom is 0.138 e. The van der Waals surface area contributed by atoms with Gasteiger partial charge in [-0.15, -0.1) is 11.3 Å². The van der Waals surface area contributed by atoms with E-state index in [2.05, 4.69) is 51.0 Å². The SMILES string of the molecule is CCOc1ccc(C2(CNc3ncnc4sccc34)CCOCC2)cc1. The zero-order valence-electron chi connectivity index (χ0n) is 14.9. The van der Waals surface area contributed by atoms with Crippen molar-refractivity contribution in [1.82, 2.24) is 9.97 Å². The molecule has 6 heteroatoms. The third-order valence-corrected chi connectivity index (χ3v) is 5.90. The predicted molar refractivity (Wildman–Crippen MR) is 105 cm³/mol. The molecule has 5 nitrogen and oxygen atoms in total.